The number of hydrogen-bond acceptors (Lipinski definition) is 5. The number of rotatable bonds is 6. The molecule has 4 N–H and O–H groups in total. The van der Waals surface area contributed by atoms with E-state index >= 15 is 0 Å². The van der Waals surface area contributed by atoms with E-state index in [0.29, 0.717) is 28.7 Å². The fourth-order valence-corrected chi connectivity index (χ4v) is 6.08. The number of phenols is 2. The molecule has 5 heteroatoms. The zero-order valence-corrected chi connectivity index (χ0v) is 23.5. The molecule has 0 saturated heterocycles. The van der Waals surface area contributed by atoms with Gasteiger partial charge in [-0.05, 0) is 88.3 Å². The van der Waals surface area contributed by atoms with Gasteiger partial charge in [-0.15, -0.1) is 0 Å². The maximum Gasteiger partial charge on any atom is 0.142 e. The third-order valence-corrected chi connectivity index (χ3v) is 8.18. The minimum Gasteiger partial charge on any atom is -0.508 e. The number of aryl methyl sites for hydroxylation is 1. The van der Waals surface area contributed by atoms with Gasteiger partial charge in [0.25, 0.3) is 0 Å². The van der Waals surface area contributed by atoms with Crippen LogP contribution in [0.3, 0.4) is 0 Å². The van der Waals surface area contributed by atoms with E-state index in [-0.39, 0.29) is 11.5 Å². The summed E-state index contributed by atoms with van der Waals surface area (Å²) < 4.78 is 12.1. The molecule has 6 aromatic carbocycles. The number of benzene rings is 6. The highest BCUT2D eigenvalue weighted by molar-refractivity contribution is 5.86. The van der Waals surface area contributed by atoms with Crippen LogP contribution >= 0.6 is 0 Å². The molecular formula is C38H29NO4. The maximum absolute atomic E-state index is 10.1. The standard InChI is InChI=1S/C38H29NO4/c1-24-10-15-29(22-36(24)40)42-27-16-11-25(12-17-27)38(33-8-4-2-6-31(33)32-7-3-5-9-34(32)38)26-13-18-28(19-14-26)43-30-20-21-35(39)37(41)23-30/h2-23,40-41H,39H2,1H3. The van der Waals surface area contributed by atoms with Crippen molar-refractivity contribution < 1.29 is 19.7 Å². The van der Waals surface area contributed by atoms with E-state index in [4.69, 9.17) is 15.2 Å². The molecule has 0 amide bonds. The molecule has 1 aliphatic carbocycles. The van der Waals surface area contributed by atoms with Crippen LogP contribution in [-0.2, 0) is 5.41 Å². The number of nitrogen functional groups attached to an aromatic ring is 1. The number of fused-ring (bicyclic) bond motifs is 3. The Labute approximate surface area is 250 Å². The SMILES string of the molecule is Cc1ccc(Oc2ccc(C3(c4ccc(Oc5ccc(N)c(O)c5)cc4)c4ccccc4-c4ccccc43)cc2)cc1O. The van der Waals surface area contributed by atoms with E-state index in [1.807, 2.05) is 43.3 Å². The monoisotopic (exact) mass is 563 g/mol. The van der Waals surface area contributed by atoms with Gasteiger partial charge in [-0.3, -0.25) is 0 Å². The predicted molar refractivity (Wildman–Crippen MR) is 169 cm³/mol. The summed E-state index contributed by atoms with van der Waals surface area (Å²) in [5.74, 6) is 2.59. The van der Waals surface area contributed by atoms with Gasteiger partial charge < -0.3 is 25.4 Å². The molecule has 0 heterocycles. The van der Waals surface area contributed by atoms with Crippen LogP contribution in [0.5, 0.6) is 34.5 Å². The van der Waals surface area contributed by atoms with Crippen LogP contribution in [0.2, 0.25) is 0 Å². The summed E-state index contributed by atoms with van der Waals surface area (Å²) in [6.07, 6.45) is 0. The van der Waals surface area contributed by atoms with Gasteiger partial charge in [-0.25, -0.2) is 0 Å². The summed E-state index contributed by atoms with van der Waals surface area (Å²) in [6, 6.07) is 43.6. The van der Waals surface area contributed by atoms with Crippen LogP contribution in [0.4, 0.5) is 5.69 Å². The molecule has 0 unspecified atom stereocenters. The molecular weight excluding hydrogens is 534 g/mol. The number of aromatic hydroxyl groups is 2. The normalized spacial score (nSPS) is 12.8. The predicted octanol–water partition coefficient (Wildman–Crippen LogP) is 8.94. The Bertz CT molecular complexity index is 1820. The molecule has 1 aliphatic rings. The lowest BCUT2D eigenvalue weighted by Crippen LogP contribution is -2.28. The molecule has 0 saturated carbocycles. The minimum absolute atomic E-state index is 0.0150. The highest BCUT2D eigenvalue weighted by atomic mass is 16.5. The number of nitrogens with two attached hydrogens (primary N) is 1. The average molecular weight is 564 g/mol. The molecule has 210 valence electrons. The summed E-state index contributed by atoms with van der Waals surface area (Å²) in [5, 5.41) is 20.1. The quantitative estimate of drug-likeness (QED) is 0.139. The number of phenolic OH excluding ortho intramolecular Hbond substituents is 2. The third kappa shape index (κ3) is 4.43. The molecule has 7 rings (SSSR count). The summed E-state index contributed by atoms with van der Waals surface area (Å²) in [6.45, 7) is 1.85. The highest BCUT2D eigenvalue weighted by Crippen LogP contribution is 2.56. The molecule has 6 aromatic rings. The third-order valence-electron chi connectivity index (χ3n) is 8.18. The van der Waals surface area contributed by atoms with Gasteiger partial charge in [0.15, 0.2) is 0 Å². The lowest BCUT2D eigenvalue weighted by atomic mass is 9.68. The van der Waals surface area contributed by atoms with Gasteiger partial charge in [-0.1, -0.05) is 78.9 Å². The highest BCUT2D eigenvalue weighted by Gasteiger charge is 2.45. The zero-order chi connectivity index (χ0) is 29.6. The smallest absolute Gasteiger partial charge is 0.142 e. The van der Waals surface area contributed by atoms with Crippen molar-refractivity contribution in [3.8, 4) is 45.6 Å². The van der Waals surface area contributed by atoms with Crippen molar-refractivity contribution in [2.45, 2.75) is 12.3 Å². The first kappa shape index (κ1) is 26.2. The topological polar surface area (TPSA) is 84.9 Å². The summed E-state index contributed by atoms with van der Waals surface area (Å²) >= 11 is 0. The Morgan fingerprint density at radius 1 is 0.512 bits per heavy atom. The van der Waals surface area contributed by atoms with E-state index in [0.717, 1.165) is 16.7 Å². The second kappa shape index (κ2) is 10.3. The summed E-state index contributed by atoms with van der Waals surface area (Å²) in [5.41, 5.74) is 13.3. The van der Waals surface area contributed by atoms with Gasteiger partial charge in [-0.2, -0.15) is 0 Å². The van der Waals surface area contributed by atoms with E-state index in [9.17, 15) is 10.2 Å². The Morgan fingerprint density at radius 2 is 0.953 bits per heavy atom. The van der Waals surface area contributed by atoms with Crippen molar-refractivity contribution in [3.63, 3.8) is 0 Å². The summed E-state index contributed by atoms with van der Waals surface area (Å²) in [7, 11) is 0. The van der Waals surface area contributed by atoms with Crippen LogP contribution in [-0.4, -0.2) is 10.2 Å². The van der Waals surface area contributed by atoms with E-state index < -0.39 is 5.41 Å². The largest absolute Gasteiger partial charge is 0.508 e. The maximum atomic E-state index is 10.1. The summed E-state index contributed by atoms with van der Waals surface area (Å²) in [4.78, 5) is 0. The first-order valence-electron chi connectivity index (χ1n) is 14.1. The van der Waals surface area contributed by atoms with Crippen molar-refractivity contribution in [2.75, 3.05) is 5.73 Å². The van der Waals surface area contributed by atoms with Crippen LogP contribution < -0.4 is 15.2 Å². The molecule has 43 heavy (non-hydrogen) atoms. The van der Waals surface area contributed by atoms with Crippen LogP contribution in [0.25, 0.3) is 11.1 Å². The van der Waals surface area contributed by atoms with Crippen LogP contribution in [0.15, 0.2) is 133 Å². The van der Waals surface area contributed by atoms with Crippen molar-refractivity contribution >= 4 is 5.69 Å². The molecule has 0 radical (unpaired) electrons. The minimum atomic E-state index is -0.578. The first-order valence-corrected chi connectivity index (χ1v) is 14.1. The second-order valence-electron chi connectivity index (χ2n) is 10.8. The molecule has 0 aliphatic heterocycles. The molecule has 0 aromatic heterocycles. The van der Waals surface area contributed by atoms with E-state index in [1.54, 1.807) is 18.2 Å². The van der Waals surface area contributed by atoms with Gasteiger partial charge in [0.05, 0.1) is 11.1 Å². The molecule has 0 bridgehead atoms. The average Bonchev–Trinajstić information content (AvgIpc) is 3.33. The second-order valence-corrected chi connectivity index (χ2v) is 10.8. The molecule has 0 fully saturated rings. The number of hydrogen-bond donors (Lipinski definition) is 3. The van der Waals surface area contributed by atoms with Gasteiger partial charge >= 0.3 is 0 Å². The van der Waals surface area contributed by atoms with Gasteiger partial charge in [0.1, 0.15) is 34.5 Å². The van der Waals surface area contributed by atoms with Gasteiger partial charge in [0.2, 0.25) is 0 Å². The number of anilines is 1. The fraction of sp³-hybridized carbons (Fsp3) is 0.0526. The molecule has 5 nitrogen and oxygen atoms in total. The number of ether oxygens (including phenoxy) is 2. The van der Waals surface area contributed by atoms with E-state index in [1.165, 1.54) is 28.3 Å². The Morgan fingerprint density at radius 3 is 1.44 bits per heavy atom. The van der Waals surface area contributed by atoms with Crippen molar-refractivity contribution in [1.29, 1.82) is 0 Å². The van der Waals surface area contributed by atoms with E-state index in [2.05, 4.69) is 72.8 Å². The van der Waals surface area contributed by atoms with Crippen molar-refractivity contribution in [2.24, 2.45) is 0 Å². The Balaban J connectivity index is 1.33. The van der Waals surface area contributed by atoms with Crippen molar-refractivity contribution in [3.05, 3.63) is 161 Å². The fourth-order valence-electron chi connectivity index (χ4n) is 6.08. The Kier molecular flexibility index (Phi) is 6.28. The zero-order valence-electron chi connectivity index (χ0n) is 23.5. The first-order chi connectivity index (χ1) is 20.9. The lowest BCUT2D eigenvalue weighted by Gasteiger charge is -2.34. The Hall–Kier alpha value is -5.68. The van der Waals surface area contributed by atoms with Crippen LogP contribution in [0.1, 0.15) is 27.8 Å². The molecule has 0 spiro atoms. The lowest BCUT2D eigenvalue weighted by molar-refractivity contribution is 0.452. The van der Waals surface area contributed by atoms with Crippen molar-refractivity contribution in [1.82, 2.24) is 0 Å². The van der Waals surface area contributed by atoms with Gasteiger partial charge in [0, 0.05) is 12.1 Å². The molecule has 0 atom stereocenters. The van der Waals surface area contributed by atoms with Crippen LogP contribution in [0, 0.1) is 6.92 Å².